The molecule has 7 rings (SSSR count). The highest BCUT2D eigenvalue weighted by Crippen LogP contribution is 2.33. The fraction of sp³-hybridized carbons (Fsp3) is 0.257. The summed E-state index contributed by atoms with van der Waals surface area (Å²) in [7, 11) is 1.66. The van der Waals surface area contributed by atoms with E-state index in [2.05, 4.69) is 20.6 Å². The summed E-state index contributed by atoms with van der Waals surface area (Å²) in [5.74, 6) is 1.21. The first-order chi connectivity index (χ1) is 23.4. The van der Waals surface area contributed by atoms with Gasteiger partial charge >= 0.3 is 0 Å². The van der Waals surface area contributed by atoms with Crippen LogP contribution < -0.4 is 20.1 Å². The molecule has 0 aliphatic carbocycles. The Labute approximate surface area is 280 Å². The number of benzene rings is 2. The zero-order chi connectivity index (χ0) is 33.0. The van der Waals surface area contributed by atoms with Gasteiger partial charge in [-0.05, 0) is 72.6 Å². The molecule has 13 heteroatoms. The zero-order valence-corrected chi connectivity index (χ0v) is 26.9. The summed E-state index contributed by atoms with van der Waals surface area (Å²) in [5.41, 5.74) is 5.00. The summed E-state index contributed by atoms with van der Waals surface area (Å²) in [4.78, 5) is 52.0. The summed E-state index contributed by atoms with van der Waals surface area (Å²) in [5, 5.41) is 6.51. The highest BCUT2D eigenvalue weighted by molar-refractivity contribution is 7.21. The number of piperidine rings is 1. The maximum atomic E-state index is 12.9. The molecule has 0 spiro atoms. The molecule has 1 unspecified atom stereocenters. The number of amides is 3. The van der Waals surface area contributed by atoms with Crippen LogP contribution in [0.3, 0.4) is 0 Å². The van der Waals surface area contributed by atoms with Crippen LogP contribution in [0.4, 0.5) is 5.82 Å². The summed E-state index contributed by atoms with van der Waals surface area (Å²) < 4.78 is 18.0. The Morgan fingerprint density at radius 2 is 1.85 bits per heavy atom. The minimum atomic E-state index is -0.642. The van der Waals surface area contributed by atoms with Gasteiger partial charge in [0.2, 0.25) is 11.8 Å². The third-order valence-electron chi connectivity index (χ3n) is 8.21. The number of anilines is 1. The molecule has 0 radical (unpaired) electrons. The number of fused-ring (bicyclic) bond motifs is 2. The minimum Gasteiger partial charge on any atom is -0.497 e. The van der Waals surface area contributed by atoms with Gasteiger partial charge in [0, 0.05) is 48.6 Å². The van der Waals surface area contributed by atoms with Crippen LogP contribution in [0.5, 0.6) is 11.5 Å². The van der Waals surface area contributed by atoms with Gasteiger partial charge in [-0.3, -0.25) is 24.7 Å². The maximum Gasteiger partial charge on any atom is 0.255 e. The number of ether oxygens (including phenoxy) is 3. The molecule has 1 atom stereocenters. The number of hydrogen-bond donors (Lipinski definition) is 2. The van der Waals surface area contributed by atoms with Crippen LogP contribution >= 0.6 is 11.3 Å². The van der Waals surface area contributed by atoms with Crippen LogP contribution in [-0.2, 0) is 20.9 Å². The zero-order valence-electron chi connectivity index (χ0n) is 26.1. The Hall–Kier alpha value is -5.40. The summed E-state index contributed by atoms with van der Waals surface area (Å²) in [6, 6.07) is 18.4. The molecule has 2 aromatic carbocycles. The van der Waals surface area contributed by atoms with Crippen LogP contribution in [0.15, 0.2) is 73.1 Å². The normalized spacial score (nSPS) is 15.8. The Balaban J connectivity index is 0.852. The molecule has 0 saturated carbocycles. The monoisotopic (exact) mass is 664 g/mol. The van der Waals surface area contributed by atoms with Crippen molar-refractivity contribution in [2.75, 3.05) is 38.8 Å². The molecule has 0 bridgehead atoms. The van der Waals surface area contributed by atoms with Gasteiger partial charge in [0.05, 0.1) is 36.2 Å². The number of aromatic nitrogens is 3. The Morgan fingerprint density at radius 1 is 0.958 bits per heavy atom. The van der Waals surface area contributed by atoms with E-state index in [-0.39, 0.29) is 18.2 Å². The fourth-order valence-corrected chi connectivity index (χ4v) is 6.73. The predicted molar refractivity (Wildman–Crippen MR) is 180 cm³/mol. The second kappa shape index (κ2) is 13.8. The Kier molecular flexibility index (Phi) is 8.95. The highest BCUT2D eigenvalue weighted by atomic mass is 32.1. The number of hydrogen-bond acceptors (Lipinski definition) is 11. The van der Waals surface area contributed by atoms with E-state index >= 15 is 0 Å². The van der Waals surface area contributed by atoms with Crippen LogP contribution in [0.1, 0.15) is 28.8 Å². The van der Waals surface area contributed by atoms with Gasteiger partial charge in [0.1, 0.15) is 35.0 Å². The van der Waals surface area contributed by atoms with Gasteiger partial charge in [-0.1, -0.05) is 0 Å². The largest absolute Gasteiger partial charge is 0.497 e. The quantitative estimate of drug-likeness (QED) is 0.142. The van der Waals surface area contributed by atoms with Crippen LogP contribution in [-0.4, -0.2) is 77.1 Å². The van der Waals surface area contributed by atoms with Crippen molar-refractivity contribution in [2.24, 2.45) is 0 Å². The molecular weight excluding hydrogens is 632 g/mol. The lowest BCUT2D eigenvalue weighted by atomic mass is 10.0. The third-order valence-corrected chi connectivity index (χ3v) is 9.27. The molecule has 5 heterocycles. The van der Waals surface area contributed by atoms with E-state index in [1.54, 1.807) is 36.8 Å². The van der Waals surface area contributed by atoms with Crippen molar-refractivity contribution < 1.29 is 28.6 Å². The summed E-state index contributed by atoms with van der Waals surface area (Å²) >= 11 is 1.60. The number of nitrogens with zero attached hydrogens (tertiary/aromatic N) is 4. The number of methoxy groups -OCH3 is 1. The van der Waals surface area contributed by atoms with E-state index in [1.807, 2.05) is 54.7 Å². The van der Waals surface area contributed by atoms with Crippen molar-refractivity contribution in [3.63, 3.8) is 0 Å². The lowest BCUT2D eigenvalue weighted by Crippen LogP contribution is -2.52. The highest BCUT2D eigenvalue weighted by Gasteiger charge is 2.39. The SMILES string of the molecule is COc1ccc2nc(-c3ccc(-c4ccnc(NCCOCCOc5ccc6c(c5)CN(C5CCC(=O)NC5=O)C6=O)c4)nc3)sc2c1. The molecule has 3 aromatic heterocycles. The van der Waals surface area contributed by atoms with Gasteiger partial charge in [0.15, 0.2) is 0 Å². The Bertz CT molecular complexity index is 2000. The smallest absolute Gasteiger partial charge is 0.255 e. The van der Waals surface area contributed by atoms with Gasteiger partial charge in [0.25, 0.3) is 5.91 Å². The summed E-state index contributed by atoms with van der Waals surface area (Å²) in [6.45, 7) is 2.03. The van der Waals surface area contributed by atoms with E-state index in [0.717, 1.165) is 49.2 Å². The molecule has 12 nitrogen and oxygen atoms in total. The molecule has 3 amide bonds. The number of rotatable bonds is 12. The number of pyridine rings is 2. The van der Waals surface area contributed by atoms with E-state index < -0.39 is 11.9 Å². The molecule has 1 fully saturated rings. The minimum absolute atomic E-state index is 0.210. The van der Waals surface area contributed by atoms with Crippen molar-refractivity contribution >= 4 is 45.1 Å². The molecule has 2 aliphatic rings. The van der Waals surface area contributed by atoms with Crippen molar-refractivity contribution in [2.45, 2.75) is 25.4 Å². The Morgan fingerprint density at radius 3 is 2.69 bits per heavy atom. The van der Waals surface area contributed by atoms with Crippen LogP contribution in [0.2, 0.25) is 0 Å². The first-order valence-corrected chi connectivity index (χ1v) is 16.4. The van der Waals surface area contributed by atoms with Gasteiger partial charge in [-0.2, -0.15) is 0 Å². The maximum absolute atomic E-state index is 12.9. The first-order valence-electron chi connectivity index (χ1n) is 15.5. The summed E-state index contributed by atoms with van der Waals surface area (Å²) in [6.07, 6.45) is 4.14. The third kappa shape index (κ3) is 6.68. The lowest BCUT2D eigenvalue weighted by Gasteiger charge is -2.29. The predicted octanol–water partition coefficient (Wildman–Crippen LogP) is 4.70. The second-order valence-electron chi connectivity index (χ2n) is 11.3. The number of carbonyl (C=O) groups is 3. The molecule has 1 saturated heterocycles. The van der Waals surface area contributed by atoms with E-state index in [9.17, 15) is 14.4 Å². The van der Waals surface area contributed by atoms with Gasteiger partial charge in [-0.15, -0.1) is 11.3 Å². The molecule has 244 valence electrons. The van der Waals surface area contributed by atoms with Crippen molar-refractivity contribution in [1.29, 1.82) is 0 Å². The molecule has 48 heavy (non-hydrogen) atoms. The van der Waals surface area contributed by atoms with Crippen LogP contribution in [0, 0.1) is 0 Å². The number of imide groups is 1. The second-order valence-corrected chi connectivity index (χ2v) is 12.4. The molecule has 5 aromatic rings. The van der Waals surface area contributed by atoms with Crippen molar-refractivity contribution in [3.8, 4) is 33.3 Å². The topological polar surface area (TPSA) is 145 Å². The molecule has 2 N–H and O–H groups in total. The average Bonchev–Trinajstić information content (AvgIpc) is 3.68. The lowest BCUT2D eigenvalue weighted by molar-refractivity contribution is -0.136. The first kappa shape index (κ1) is 31.2. The van der Waals surface area contributed by atoms with E-state index in [1.165, 1.54) is 4.90 Å². The average molecular weight is 665 g/mol. The molecule has 2 aliphatic heterocycles. The van der Waals surface area contributed by atoms with Crippen molar-refractivity contribution in [3.05, 3.63) is 84.2 Å². The van der Waals surface area contributed by atoms with Crippen LogP contribution in [0.25, 0.3) is 32.0 Å². The molecular formula is C35H32N6O6S. The van der Waals surface area contributed by atoms with Crippen molar-refractivity contribution in [1.82, 2.24) is 25.2 Å². The fourth-order valence-electron chi connectivity index (χ4n) is 5.75. The number of carbonyl (C=O) groups excluding carboxylic acids is 3. The van der Waals surface area contributed by atoms with E-state index in [0.29, 0.717) is 50.6 Å². The van der Waals surface area contributed by atoms with Gasteiger partial charge < -0.3 is 24.4 Å². The van der Waals surface area contributed by atoms with E-state index in [4.69, 9.17) is 19.2 Å². The number of nitrogens with one attached hydrogen (secondary N) is 2. The standard InChI is InChI=1S/C35H32N6O6S/c1-45-24-4-7-28-30(18-24)48-34(39-28)22-2-6-27(38-19-22)21-10-11-36-31(17-21)37-12-13-46-14-15-47-25-3-5-26-23(16-25)20-41(35(26)44)29-8-9-32(42)40-33(29)43/h2-7,10-11,16-19,29H,8-9,12-15,20H2,1H3,(H,36,37)(H,40,42,43). The van der Waals surface area contributed by atoms with Gasteiger partial charge in [-0.25, -0.2) is 9.97 Å². The number of thiazole rings is 1.